The predicted octanol–water partition coefficient (Wildman–Crippen LogP) is 1.60. The van der Waals surface area contributed by atoms with Crippen molar-refractivity contribution < 1.29 is 24.2 Å². The first-order valence-corrected chi connectivity index (χ1v) is 13.2. The summed E-state index contributed by atoms with van der Waals surface area (Å²) >= 11 is 0. The zero-order chi connectivity index (χ0) is 22.9. The topological polar surface area (TPSA) is 142 Å². The summed E-state index contributed by atoms with van der Waals surface area (Å²) in [6, 6.07) is -1.52. The number of ketones is 1. The SMILES string of the molecule is CCC(C)[C@@H](NC(=O)[C@@H](N)C(C)C)C(=O)NCC(=O)C[P+](O)(O)CC1CCCCC1. The molecule has 1 aliphatic rings. The molecule has 1 aliphatic carbocycles. The highest BCUT2D eigenvalue weighted by atomic mass is 31.2. The minimum atomic E-state index is -3.31. The molecule has 0 radical (unpaired) electrons. The Morgan fingerprint density at radius 1 is 1.07 bits per heavy atom. The predicted molar refractivity (Wildman–Crippen MR) is 120 cm³/mol. The Kier molecular flexibility index (Phi) is 11.4. The van der Waals surface area contributed by atoms with Crippen molar-refractivity contribution in [2.45, 2.75) is 78.3 Å². The van der Waals surface area contributed by atoms with E-state index in [4.69, 9.17) is 5.73 Å². The van der Waals surface area contributed by atoms with Crippen molar-refractivity contribution in [1.82, 2.24) is 10.6 Å². The Balaban J connectivity index is 2.58. The molecule has 0 aliphatic heterocycles. The van der Waals surface area contributed by atoms with Gasteiger partial charge in [-0.25, -0.2) is 9.79 Å². The molecule has 6 N–H and O–H groups in total. The van der Waals surface area contributed by atoms with Gasteiger partial charge in [0.05, 0.1) is 12.6 Å². The summed E-state index contributed by atoms with van der Waals surface area (Å²) in [5, 5.41) is 5.24. The van der Waals surface area contributed by atoms with E-state index in [0.29, 0.717) is 6.42 Å². The lowest BCUT2D eigenvalue weighted by Crippen LogP contribution is -2.55. The first-order chi connectivity index (χ1) is 14.0. The summed E-state index contributed by atoms with van der Waals surface area (Å²) in [5.41, 5.74) is 5.87. The van der Waals surface area contributed by atoms with Gasteiger partial charge < -0.3 is 16.4 Å². The molecule has 1 saturated carbocycles. The number of nitrogens with two attached hydrogens (primary N) is 1. The van der Waals surface area contributed by atoms with E-state index in [1.54, 1.807) is 0 Å². The molecular formula is C21H41N3O5P+. The van der Waals surface area contributed by atoms with Gasteiger partial charge in [-0.2, -0.15) is 0 Å². The smallest absolute Gasteiger partial charge is 0.275 e. The van der Waals surface area contributed by atoms with E-state index >= 15 is 0 Å². The zero-order valence-corrected chi connectivity index (χ0v) is 19.8. The fourth-order valence-corrected chi connectivity index (χ4v) is 5.73. The van der Waals surface area contributed by atoms with Gasteiger partial charge in [0.2, 0.25) is 11.8 Å². The van der Waals surface area contributed by atoms with E-state index in [9.17, 15) is 24.2 Å². The third-order valence-corrected chi connectivity index (χ3v) is 7.94. The summed E-state index contributed by atoms with van der Waals surface area (Å²) in [4.78, 5) is 57.8. The van der Waals surface area contributed by atoms with E-state index in [1.165, 1.54) is 6.42 Å². The van der Waals surface area contributed by atoms with Crippen LogP contribution in [0, 0.1) is 17.8 Å². The minimum Gasteiger partial charge on any atom is -0.347 e. The van der Waals surface area contributed by atoms with E-state index in [1.807, 2.05) is 27.7 Å². The van der Waals surface area contributed by atoms with Gasteiger partial charge in [0.1, 0.15) is 12.2 Å². The summed E-state index contributed by atoms with van der Waals surface area (Å²) < 4.78 is 0. The standard InChI is InChI=1S/C21H40N3O5P/c1-5-15(4)19(24-20(26)18(22)14(2)3)21(27)23-11-17(25)13-30(28,29)12-16-9-7-6-8-10-16/h14-16,18-19,28-29H,5-13,22H2,1-4H3,(H-,23,24,26,27)/p+1/t15?,18-,19+/m0/s1. The number of amides is 2. The number of carbonyl (C=O) groups excluding carboxylic acids is 3. The van der Waals surface area contributed by atoms with Gasteiger partial charge in [0, 0.05) is 0 Å². The van der Waals surface area contributed by atoms with Crippen molar-refractivity contribution in [3.63, 3.8) is 0 Å². The van der Waals surface area contributed by atoms with Crippen LogP contribution in [0.2, 0.25) is 0 Å². The van der Waals surface area contributed by atoms with Crippen molar-refractivity contribution >= 4 is 25.3 Å². The number of hydrogen-bond donors (Lipinski definition) is 5. The van der Waals surface area contributed by atoms with E-state index in [-0.39, 0.29) is 36.6 Å². The van der Waals surface area contributed by atoms with Gasteiger partial charge in [-0.3, -0.25) is 14.4 Å². The third kappa shape index (κ3) is 9.38. The molecule has 0 heterocycles. The summed E-state index contributed by atoms with van der Waals surface area (Å²) in [7, 11) is -3.31. The van der Waals surface area contributed by atoms with Crippen LogP contribution in [0.5, 0.6) is 0 Å². The molecule has 0 aromatic carbocycles. The van der Waals surface area contributed by atoms with Gasteiger partial charge in [0.25, 0.3) is 7.72 Å². The average Bonchev–Trinajstić information content (AvgIpc) is 2.68. The van der Waals surface area contributed by atoms with E-state index < -0.39 is 37.4 Å². The maximum absolute atomic E-state index is 12.6. The maximum Gasteiger partial charge on any atom is 0.275 e. The average molecular weight is 447 g/mol. The van der Waals surface area contributed by atoms with Crippen molar-refractivity contribution in [2.75, 3.05) is 18.9 Å². The Labute approximate surface area is 181 Å². The van der Waals surface area contributed by atoms with Crippen LogP contribution >= 0.6 is 7.72 Å². The van der Waals surface area contributed by atoms with E-state index in [0.717, 1.165) is 25.7 Å². The second-order valence-electron chi connectivity index (χ2n) is 9.12. The molecule has 0 bridgehead atoms. The molecule has 2 amide bonds. The van der Waals surface area contributed by atoms with E-state index in [2.05, 4.69) is 10.6 Å². The lowest BCUT2D eigenvalue weighted by atomic mass is 9.91. The summed E-state index contributed by atoms with van der Waals surface area (Å²) in [5.74, 6) is -1.22. The second-order valence-corrected chi connectivity index (χ2v) is 11.6. The van der Waals surface area contributed by atoms with Crippen LogP contribution in [0.25, 0.3) is 0 Å². The molecule has 1 rings (SSSR count). The summed E-state index contributed by atoms with van der Waals surface area (Å²) in [6.45, 7) is 7.12. The second kappa shape index (κ2) is 12.7. The van der Waals surface area contributed by atoms with Gasteiger partial charge in [0.15, 0.2) is 11.9 Å². The quantitative estimate of drug-likeness (QED) is 0.288. The van der Waals surface area contributed by atoms with Crippen LogP contribution in [-0.2, 0) is 14.4 Å². The number of Topliss-reactive ketones (excluding diaryl/α,β-unsaturated/α-hetero) is 1. The van der Waals surface area contributed by atoms with Crippen molar-refractivity contribution in [3.05, 3.63) is 0 Å². The van der Waals surface area contributed by atoms with Gasteiger partial charge in [-0.15, -0.1) is 0 Å². The van der Waals surface area contributed by atoms with Crippen LogP contribution in [0.15, 0.2) is 0 Å². The molecular weight excluding hydrogens is 405 g/mol. The van der Waals surface area contributed by atoms with Crippen LogP contribution in [0.3, 0.4) is 0 Å². The van der Waals surface area contributed by atoms with Gasteiger partial charge in [-0.1, -0.05) is 53.4 Å². The largest absolute Gasteiger partial charge is 0.347 e. The normalized spacial score (nSPS) is 18.5. The Bertz CT molecular complexity index is 579. The molecule has 1 fully saturated rings. The molecule has 0 saturated heterocycles. The molecule has 174 valence electrons. The lowest BCUT2D eigenvalue weighted by Gasteiger charge is -2.26. The molecule has 3 atom stereocenters. The highest BCUT2D eigenvalue weighted by molar-refractivity contribution is 7.65. The molecule has 1 unspecified atom stereocenters. The van der Waals surface area contributed by atoms with Crippen molar-refractivity contribution in [1.29, 1.82) is 0 Å². The molecule has 30 heavy (non-hydrogen) atoms. The number of carbonyl (C=O) groups is 3. The Hall–Kier alpha value is -1.08. The first kappa shape index (κ1) is 27.0. The highest BCUT2D eigenvalue weighted by Gasteiger charge is 2.39. The molecule has 8 nitrogen and oxygen atoms in total. The van der Waals surface area contributed by atoms with Crippen LogP contribution in [0.4, 0.5) is 0 Å². The molecule has 0 aromatic rings. The Morgan fingerprint density at radius 2 is 1.67 bits per heavy atom. The van der Waals surface area contributed by atoms with Crippen molar-refractivity contribution in [2.24, 2.45) is 23.5 Å². The number of hydrogen-bond acceptors (Lipinski definition) is 6. The first-order valence-electron chi connectivity index (χ1n) is 11.1. The lowest BCUT2D eigenvalue weighted by molar-refractivity contribution is -0.132. The Morgan fingerprint density at radius 3 is 2.20 bits per heavy atom. The fraction of sp³-hybridized carbons (Fsp3) is 0.857. The van der Waals surface area contributed by atoms with Crippen LogP contribution in [0.1, 0.15) is 66.2 Å². The highest BCUT2D eigenvalue weighted by Crippen LogP contribution is 2.52. The van der Waals surface area contributed by atoms with Gasteiger partial charge in [-0.05, 0) is 30.6 Å². The number of nitrogens with one attached hydrogen (secondary N) is 2. The van der Waals surface area contributed by atoms with Crippen LogP contribution < -0.4 is 16.4 Å². The fourth-order valence-electron chi connectivity index (χ4n) is 3.74. The number of rotatable bonds is 12. The molecule has 9 heteroatoms. The molecule has 0 spiro atoms. The zero-order valence-electron chi connectivity index (χ0n) is 18.9. The maximum atomic E-state index is 12.6. The van der Waals surface area contributed by atoms with Crippen LogP contribution in [-0.4, -0.2) is 58.3 Å². The monoisotopic (exact) mass is 446 g/mol. The third-order valence-electron chi connectivity index (χ3n) is 5.98. The van der Waals surface area contributed by atoms with Crippen molar-refractivity contribution in [3.8, 4) is 0 Å². The van der Waals surface area contributed by atoms with Gasteiger partial charge >= 0.3 is 0 Å². The minimum absolute atomic E-state index is 0.0671. The summed E-state index contributed by atoms with van der Waals surface area (Å²) in [6.07, 6.45) is 5.95. The molecule has 0 aromatic heterocycles.